The van der Waals surface area contributed by atoms with Crippen LogP contribution in [0.3, 0.4) is 0 Å². The number of benzene rings is 3. The van der Waals surface area contributed by atoms with Crippen LogP contribution >= 0.6 is 0 Å². The topological polar surface area (TPSA) is 138 Å². The average Bonchev–Trinajstić information content (AvgIpc) is 3.30. The third-order valence-corrected chi connectivity index (χ3v) is 6.96. The highest BCUT2D eigenvalue weighted by atomic mass is 16.7. The standard InChI is InChI=1S/C29H29NO8/c31-23(20-12-7-9-17-8-1-2-10-18(17)20)21-16-30(22-13-4-3-11-19(21)22)14-5-6-15-37-29-26(34)24(32)25(33)27(38-29)28(35)36/h1-4,7-13,16,24-27,29,32-34H,5-6,14-15H2,(H,35,36)/t24-,25-,26+,27-,29+/m0/s1. The molecule has 5 rings (SSSR count). The van der Waals surface area contributed by atoms with Gasteiger partial charge in [-0.3, -0.25) is 4.79 Å². The molecule has 4 N–H and O–H groups in total. The summed E-state index contributed by atoms with van der Waals surface area (Å²) in [6.45, 7) is 0.734. The van der Waals surface area contributed by atoms with Crippen molar-refractivity contribution >= 4 is 33.4 Å². The molecule has 5 atom stereocenters. The average molecular weight is 520 g/mol. The van der Waals surface area contributed by atoms with E-state index in [1.807, 2.05) is 77.5 Å². The number of aliphatic carboxylic acids is 1. The van der Waals surface area contributed by atoms with E-state index in [1.165, 1.54) is 0 Å². The van der Waals surface area contributed by atoms with Crippen LogP contribution in [0.4, 0.5) is 0 Å². The number of nitrogens with zero attached hydrogens (tertiary/aromatic N) is 1. The SMILES string of the molecule is O=C(c1cccc2ccccc12)c1cn(CCCCO[C@@H]2O[C@H](C(=O)O)[C@@H](O)[C@H](O)[C@H]2O)c2ccccc12. The highest BCUT2D eigenvalue weighted by Gasteiger charge is 2.47. The minimum absolute atomic E-state index is 0.0442. The van der Waals surface area contributed by atoms with E-state index >= 15 is 0 Å². The number of unbranched alkanes of at least 4 members (excludes halogenated alkanes) is 1. The van der Waals surface area contributed by atoms with E-state index in [9.17, 15) is 24.9 Å². The minimum atomic E-state index is -1.75. The number of rotatable bonds is 9. The Morgan fingerprint density at radius 2 is 1.53 bits per heavy atom. The second-order valence-electron chi connectivity index (χ2n) is 9.42. The number of fused-ring (bicyclic) bond motifs is 2. The van der Waals surface area contributed by atoms with E-state index in [4.69, 9.17) is 14.6 Å². The second kappa shape index (κ2) is 11.0. The zero-order chi connectivity index (χ0) is 26.8. The number of aryl methyl sites for hydroxylation is 1. The highest BCUT2D eigenvalue weighted by molar-refractivity contribution is 6.21. The van der Waals surface area contributed by atoms with E-state index in [2.05, 4.69) is 0 Å². The molecule has 1 fully saturated rings. The molecule has 0 radical (unpaired) electrons. The maximum atomic E-state index is 13.6. The van der Waals surface area contributed by atoms with Crippen molar-refractivity contribution in [1.29, 1.82) is 0 Å². The van der Waals surface area contributed by atoms with Crippen molar-refractivity contribution in [1.82, 2.24) is 4.57 Å². The first kappa shape index (κ1) is 26.0. The molecule has 3 aromatic carbocycles. The van der Waals surface area contributed by atoms with Crippen molar-refractivity contribution in [3.8, 4) is 0 Å². The lowest BCUT2D eigenvalue weighted by atomic mass is 9.97. The number of hydrogen-bond acceptors (Lipinski definition) is 7. The van der Waals surface area contributed by atoms with E-state index < -0.39 is 36.7 Å². The predicted molar refractivity (Wildman–Crippen MR) is 139 cm³/mol. The van der Waals surface area contributed by atoms with Gasteiger partial charge in [-0.25, -0.2) is 4.79 Å². The van der Waals surface area contributed by atoms with E-state index in [0.29, 0.717) is 30.5 Å². The molecule has 1 saturated heterocycles. The van der Waals surface area contributed by atoms with Gasteiger partial charge < -0.3 is 34.5 Å². The Balaban J connectivity index is 1.26. The summed E-state index contributed by atoms with van der Waals surface area (Å²) < 4.78 is 12.7. The summed E-state index contributed by atoms with van der Waals surface area (Å²) in [5.74, 6) is -1.50. The smallest absolute Gasteiger partial charge is 0.335 e. The zero-order valence-electron chi connectivity index (χ0n) is 20.5. The van der Waals surface area contributed by atoms with Gasteiger partial charge in [0.25, 0.3) is 0 Å². The number of carbonyl (C=O) groups excluding carboxylic acids is 1. The van der Waals surface area contributed by atoms with Crippen LogP contribution in [-0.2, 0) is 20.8 Å². The summed E-state index contributed by atoms with van der Waals surface area (Å²) in [5.41, 5.74) is 2.21. The predicted octanol–water partition coefficient (Wildman–Crippen LogP) is 2.71. The van der Waals surface area contributed by atoms with Gasteiger partial charge in [-0.15, -0.1) is 0 Å². The number of aliphatic hydroxyl groups excluding tert-OH is 3. The molecule has 0 bridgehead atoms. The van der Waals surface area contributed by atoms with Gasteiger partial charge in [0.2, 0.25) is 0 Å². The number of carbonyl (C=O) groups is 2. The van der Waals surface area contributed by atoms with Crippen molar-refractivity contribution in [3.05, 3.63) is 84.1 Å². The molecule has 2 heterocycles. The van der Waals surface area contributed by atoms with Gasteiger partial charge in [0.1, 0.15) is 18.3 Å². The van der Waals surface area contributed by atoms with Gasteiger partial charge in [0.15, 0.2) is 18.2 Å². The normalized spacial score (nSPS) is 23.6. The molecule has 0 aliphatic carbocycles. The van der Waals surface area contributed by atoms with Crippen LogP contribution in [0, 0.1) is 0 Å². The molecular weight excluding hydrogens is 490 g/mol. The number of carboxylic acids is 1. The Morgan fingerprint density at radius 3 is 2.32 bits per heavy atom. The molecule has 9 heteroatoms. The fourth-order valence-electron chi connectivity index (χ4n) is 4.95. The first-order chi connectivity index (χ1) is 18.4. The van der Waals surface area contributed by atoms with Crippen molar-refractivity contribution < 1.29 is 39.5 Å². The molecule has 0 saturated carbocycles. The molecule has 198 valence electrons. The minimum Gasteiger partial charge on any atom is -0.479 e. The molecule has 1 aliphatic heterocycles. The summed E-state index contributed by atoms with van der Waals surface area (Å²) in [4.78, 5) is 24.9. The van der Waals surface area contributed by atoms with Gasteiger partial charge in [-0.2, -0.15) is 0 Å². The summed E-state index contributed by atoms with van der Waals surface area (Å²) in [5, 5.41) is 41.7. The van der Waals surface area contributed by atoms with Gasteiger partial charge in [0, 0.05) is 41.4 Å². The summed E-state index contributed by atoms with van der Waals surface area (Å²) >= 11 is 0. The summed E-state index contributed by atoms with van der Waals surface area (Å²) in [7, 11) is 0. The van der Waals surface area contributed by atoms with E-state index in [-0.39, 0.29) is 12.4 Å². The van der Waals surface area contributed by atoms with Gasteiger partial charge in [-0.05, 0) is 29.7 Å². The summed E-state index contributed by atoms with van der Waals surface area (Å²) in [6, 6.07) is 21.3. The number of ether oxygens (including phenoxy) is 2. The monoisotopic (exact) mass is 519 g/mol. The molecule has 4 aromatic rings. The Morgan fingerprint density at radius 1 is 0.816 bits per heavy atom. The second-order valence-corrected chi connectivity index (χ2v) is 9.42. The van der Waals surface area contributed by atoms with Crippen LogP contribution in [0.5, 0.6) is 0 Å². The number of para-hydroxylation sites is 1. The Labute approximate surface area is 218 Å². The third-order valence-electron chi connectivity index (χ3n) is 6.96. The van der Waals surface area contributed by atoms with Crippen LogP contribution < -0.4 is 0 Å². The Kier molecular flexibility index (Phi) is 7.55. The number of ketones is 1. The first-order valence-corrected chi connectivity index (χ1v) is 12.5. The van der Waals surface area contributed by atoms with Crippen molar-refractivity contribution in [2.45, 2.75) is 50.1 Å². The van der Waals surface area contributed by atoms with Gasteiger partial charge >= 0.3 is 5.97 Å². The zero-order valence-corrected chi connectivity index (χ0v) is 20.5. The van der Waals surface area contributed by atoms with Crippen LogP contribution in [-0.4, -0.2) is 74.1 Å². The maximum Gasteiger partial charge on any atom is 0.335 e. The molecule has 1 aliphatic rings. The van der Waals surface area contributed by atoms with Crippen LogP contribution in [0.1, 0.15) is 28.8 Å². The number of hydrogen-bond donors (Lipinski definition) is 4. The Bertz CT molecular complexity index is 1460. The number of carboxylic acid groups (broad SMARTS) is 1. The molecule has 9 nitrogen and oxygen atoms in total. The largest absolute Gasteiger partial charge is 0.479 e. The van der Waals surface area contributed by atoms with Gasteiger partial charge in [-0.1, -0.05) is 60.7 Å². The van der Waals surface area contributed by atoms with Crippen molar-refractivity contribution in [2.24, 2.45) is 0 Å². The quantitative estimate of drug-likeness (QED) is 0.196. The lowest BCUT2D eigenvalue weighted by Gasteiger charge is -2.38. The van der Waals surface area contributed by atoms with E-state index in [0.717, 1.165) is 21.7 Å². The molecule has 0 spiro atoms. The molecule has 1 aromatic heterocycles. The lowest BCUT2D eigenvalue weighted by molar-refractivity contribution is -0.294. The lowest BCUT2D eigenvalue weighted by Crippen LogP contribution is -2.60. The fourth-order valence-corrected chi connectivity index (χ4v) is 4.95. The highest BCUT2D eigenvalue weighted by Crippen LogP contribution is 2.28. The van der Waals surface area contributed by atoms with Crippen molar-refractivity contribution in [2.75, 3.05) is 6.61 Å². The van der Waals surface area contributed by atoms with Crippen LogP contribution in [0.15, 0.2) is 72.9 Å². The molecular formula is C29H29NO8. The summed E-state index contributed by atoms with van der Waals surface area (Å²) in [6.07, 6.45) is -5.00. The first-order valence-electron chi connectivity index (χ1n) is 12.5. The van der Waals surface area contributed by atoms with Crippen LogP contribution in [0.2, 0.25) is 0 Å². The van der Waals surface area contributed by atoms with Crippen molar-refractivity contribution in [3.63, 3.8) is 0 Å². The van der Waals surface area contributed by atoms with Crippen LogP contribution in [0.25, 0.3) is 21.7 Å². The number of aliphatic hydroxyl groups is 3. The molecule has 38 heavy (non-hydrogen) atoms. The fraction of sp³-hybridized carbons (Fsp3) is 0.310. The molecule has 0 unspecified atom stereocenters. The maximum absolute atomic E-state index is 13.6. The van der Waals surface area contributed by atoms with E-state index in [1.54, 1.807) is 0 Å². The molecule has 0 amide bonds. The van der Waals surface area contributed by atoms with Gasteiger partial charge in [0.05, 0.1) is 0 Å². The number of aromatic nitrogens is 1. The third kappa shape index (κ3) is 4.94. The Hall–Kier alpha value is -3.60.